The maximum atomic E-state index is 12.4. The van der Waals surface area contributed by atoms with Gasteiger partial charge in [-0.05, 0) is 18.9 Å². The van der Waals surface area contributed by atoms with Gasteiger partial charge in [-0.25, -0.2) is 0 Å². The first-order valence-electron chi connectivity index (χ1n) is 7.00. The molecule has 0 bridgehead atoms. The van der Waals surface area contributed by atoms with Crippen LogP contribution < -0.4 is 5.32 Å². The van der Waals surface area contributed by atoms with E-state index in [1.54, 1.807) is 0 Å². The highest BCUT2D eigenvalue weighted by Gasteiger charge is 2.21. The maximum Gasteiger partial charge on any atom is 0.307 e. The van der Waals surface area contributed by atoms with Crippen molar-refractivity contribution >= 4 is 11.9 Å². The van der Waals surface area contributed by atoms with Crippen molar-refractivity contribution in [1.29, 1.82) is 0 Å². The summed E-state index contributed by atoms with van der Waals surface area (Å²) in [4.78, 5) is 23.5. The normalized spacial score (nSPS) is 13.3. The van der Waals surface area contributed by atoms with E-state index in [0.29, 0.717) is 0 Å². The lowest BCUT2D eigenvalue weighted by Crippen LogP contribution is -2.37. The topological polar surface area (TPSA) is 55.4 Å². The van der Waals surface area contributed by atoms with E-state index in [4.69, 9.17) is 0 Å². The maximum absolute atomic E-state index is 12.4. The minimum atomic E-state index is -0.315. The van der Waals surface area contributed by atoms with Gasteiger partial charge >= 0.3 is 5.97 Å². The molecule has 2 atom stereocenters. The molecule has 0 spiro atoms. The van der Waals surface area contributed by atoms with Crippen LogP contribution in [-0.2, 0) is 14.3 Å². The molecule has 4 heteroatoms. The van der Waals surface area contributed by atoms with E-state index in [0.717, 1.165) is 18.4 Å². The predicted octanol–water partition coefficient (Wildman–Crippen LogP) is 2.64. The average Bonchev–Trinajstić information content (AvgIpc) is 2.45. The third-order valence-electron chi connectivity index (χ3n) is 3.18. The molecule has 4 nitrogen and oxygen atoms in total. The monoisotopic (exact) mass is 277 g/mol. The molecule has 20 heavy (non-hydrogen) atoms. The van der Waals surface area contributed by atoms with E-state index < -0.39 is 0 Å². The Bertz CT molecular complexity index is 431. The van der Waals surface area contributed by atoms with Crippen molar-refractivity contribution in [1.82, 2.24) is 5.32 Å². The lowest BCUT2D eigenvalue weighted by atomic mass is 9.93. The summed E-state index contributed by atoms with van der Waals surface area (Å²) in [5, 5.41) is 2.89. The first-order valence-corrected chi connectivity index (χ1v) is 7.00. The number of hydrogen-bond donors (Lipinski definition) is 1. The molecule has 1 amide bonds. The fourth-order valence-electron chi connectivity index (χ4n) is 2.15. The van der Waals surface area contributed by atoms with Crippen molar-refractivity contribution in [2.45, 2.75) is 45.1 Å². The number of nitrogens with one attached hydrogen (secondary N) is 1. The smallest absolute Gasteiger partial charge is 0.307 e. The van der Waals surface area contributed by atoms with E-state index in [1.807, 2.05) is 37.3 Å². The van der Waals surface area contributed by atoms with Gasteiger partial charge in [-0.1, -0.05) is 43.7 Å². The number of hydrogen-bond acceptors (Lipinski definition) is 3. The van der Waals surface area contributed by atoms with Gasteiger partial charge in [-0.3, -0.25) is 9.59 Å². The van der Waals surface area contributed by atoms with Crippen LogP contribution in [0.15, 0.2) is 30.3 Å². The van der Waals surface area contributed by atoms with E-state index in [1.165, 1.54) is 7.11 Å². The Morgan fingerprint density at radius 1 is 1.25 bits per heavy atom. The average molecular weight is 277 g/mol. The Morgan fingerprint density at radius 2 is 1.90 bits per heavy atom. The minimum Gasteiger partial charge on any atom is -0.469 e. The van der Waals surface area contributed by atoms with Crippen LogP contribution in [0.4, 0.5) is 0 Å². The van der Waals surface area contributed by atoms with E-state index in [2.05, 4.69) is 17.0 Å². The third kappa shape index (κ3) is 5.03. The SMILES string of the molecule is CCCC(C(=O)NC(C)CC(=O)OC)c1ccccc1. The molecular formula is C16H23NO3. The molecule has 2 unspecified atom stereocenters. The van der Waals surface area contributed by atoms with Gasteiger partial charge in [0.1, 0.15) is 0 Å². The number of rotatable bonds is 7. The molecule has 1 aromatic rings. The van der Waals surface area contributed by atoms with Crippen LogP contribution in [0.3, 0.4) is 0 Å². The predicted molar refractivity (Wildman–Crippen MR) is 78.3 cm³/mol. The molecule has 0 aliphatic carbocycles. The summed E-state index contributed by atoms with van der Waals surface area (Å²) in [5.41, 5.74) is 1.01. The summed E-state index contributed by atoms with van der Waals surface area (Å²) < 4.78 is 4.60. The van der Waals surface area contributed by atoms with Crippen molar-refractivity contribution in [3.05, 3.63) is 35.9 Å². The summed E-state index contributed by atoms with van der Waals surface area (Å²) in [6, 6.07) is 9.50. The molecule has 1 N–H and O–H groups in total. The molecule has 0 heterocycles. The van der Waals surface area contributed by atoms with Crippen LogP contribution in [0.5, 0.6) is 0 Å². The highest BCUT2D eigenvalue weighted by atomic mass is 16.5. The molecule has 1 rings (SSSR count). The minimum absolute atomic E-state index is 0.0329. The number of methoxy groups -OCH3 is 1. The Labute approximate surface area is 120 Å². The highest BCUT2D eigenvalue weighted by Crippen LogP contribution is 2.21. The molecule has 0 aromatic heterocycles. The summed E-state index contributed by atoms with van der Waals surface area (Å²) in [7, 11) is 1.35. The van der Waals surface area contributed by atoms with Crippen LogP contribution >= 0.6 is 0 Å². The van der Waals surface area contributed by atoms with Crippen molar-refractivity contribution in [2.75, 3.05) is 7.11 Å². The number of ether oxygens (including phenoxy) is 1. The molecule has 0 saturated heterocycles. The lowest BCUT2D eigenvalue weighted by molar-refractivity contribution is -0.141. The quantitative estimate of drug-likeness (QED) is 0.779. The second-order valence-corrected chi connectivity index (χ2v) is 4.94. The van der Waals surface area contributed by atoms with Gasteiger partial charge in [0.2, 0.25) is 5.91 Å². The molecule has 0 fully saturated rings. The van der Waals surface area contributed by atoms with Crippen molar-refractivity contribution < 1.29 is 14.3 Å². The van der Waals surface area contributed by atoms with Gasteiger partial charge in [0.25, 0.3) is 0 Å². The van der Waals surface area contributed by atoms with Crippen molar-refractivity contribution in [3.63, 3.8) is 0 Å². The number of benzene rings is 1. The molecular weight excluding hydrogens is 254 g/mol. The summed E-state index contributed by atoms with van der Waals surface area (Å²) in [6.07, 6.45) is 1.91. The summed E-state index contributed by atoms with van der Waals surface area (Å²) >= 11 is 0. The zero-order valence-electron chi connectivity index (χ0n) is 12.4. The number of amides is 1. The second kappa shape index (κ2) is 8.35. The fourth-order valence-corrected chi connectivity index (χ4v) is 2.15. The standard InChI is InChI=1S/C16H23NO3/c1-4-8-14(13-9-6-5-7-10-13)16(19)17-12(2)11-15(18)20-3/h5-7,9-10,12,14H,4,8,11H2,1-3H3,(H,17,19). The Morgan fingerprint density at radius 3 is 2.45 bits per heavy atom. The van der Waals surface area contributed by atoms with Gasteiger partial charge in [-0.2, -0.15) is 0 Å². The van der Waals surface area contributed by atoms with E-state index in [9.17, 15) is 9.59 Å². The Kier molecular flexibility index (Phi) is 6.77. The van der Waals surface area contributed by atoms with Gasteiger partial charge < -0.3 is 10.1 Å². The number of carbonyl (C=O) groups excluding carboxylic acids is 2. The third-order valence-corrected chi connectivity index (χ3v) is 3.18. The van der Waals surface area contributed by atoms with Gasteiger partial charge in [0.05, 0.1) is 19.4 Å². The van der Waals surface area contributed by atoms with Crippen molar-refractivity contribution in [2.24, 2.45) is 0 Å². The molecule has 0 aliphatic heterocycles. The Hall–Kier alpha value is -1.84. The summed E-state index contributed by atoms with van der Waals surface area (Å²) in [6.45, 7) is 3.86. The van der Waals surface area contributed by atoms with Crippen LogP contribution in [-0.4, -0.2) is 25.0 Å². The fraction of sp³-hybridized carbons (Fsp3) is 0.500. The number of esters is 1. The lowest BCUT2D eigenvalue weighted by Gasteiger charge is -2.19. The molecule has 110 valence electrons. The first-order chi connectivity index (χ1) is 9.58. The highest BCUT2D eigenvalue weighted by molar-refractivity contribution is 5.84. The largest absolute Gasteiger partial charge is 0.469 e. The Balaban J connectivity index is 2.68. The molecule has 0 aliphatic rings. The van der Waals surface area contributed by atoms with Gasteiger partial charge in [0, 0.05) is 6.04 Å². The van der Waals surface area contributed by atoms with Crippen LogP contribution in [0, 0.1) is 0 Å². The molecule has 1 aromatic carbocycles. The molecule has 0 radical (unpaired) electrons. The van der Waals surface area contributed by atoms with Crippen LogP contribution in [0.1, 0.15) is 44.6 Å². The summed E-state index contributed by atoms with van der Waals surface area (Å²) in [5.74, 6) is -0.514. The van der Waals surface area contributed by atoms with Crippen molar-refractivity contribution in [3.8, 4) is 0 Å². The number of carbonyl (C=O) groups is 2. The van der Waals surface area contributed by atoms with Crippen LogP contribution in [0.2, 0.25) is 0 Å². The first kappa shape index (κ1) is 16.2. The van der Waals surface area contributed by atoms with E-state index in [-0.39, 0.29) is 30.3 Å². The molecule has 0 saturated carbocycles. The second-order valence-electron chi connectivity index (χ2n) is 4.94. The van der Waals surface area contributed by atoms with Gasteiger partial charge in [0.15, 0.2) is 0 Å². The van der Waals surface area contributed by atoms with Crippen LogP contribution in [0.25, 0.3) is 0 Å². The van der Waals surface area contributed by atoms with Gasteiger partial charge in [-0.15, -0.1) is 0 Å². The zero-order chi connectivity index (χ0) is 15.0. The zero-order valence-corrected chi connectivity index (χ0v) is 12.4. The van der Waals surface area contributed by atoms with E-state index >= 15 is 0 Å².